The monoisotopic (exact) mass is 379 g/mol. The second kappa shape index (κ2) is 7.87. The lowest BCUT2D eigenvalue weighted by Crippen LogP contribution is -2.33. The van der Waals surface area contributed by atoms with E-state index in [9.17, 15) is 0 Å². The quantitative estimate of drug-likeness (QED) is 0.570. The highest BCUT2D eigenvalue weighted by Crippen LogP contribution is 2.41. The molecular weight excluding hydrogens is 358 g/mol. The van der Waals surface area contributed by atoms with Crippen LogP contribution in [0.5, 0.6) is 0 Å². The first-order valence-electron chi connectivity index (χ1n) is 9.04. The number of halogens is 1. The van der Waals surface area contributed by atoms with E-state index < -0.39 is 0 Å². The zero-order chi connectivity index (χ0) is 17.9. The molecule has 0 unspecified atom stereocenters. The highest BCUT2D eigenvalue weighted by atomic mass is 35.5. The van der Waals surface area contributed by atoms with E-state index in [1.165, 1.54) is 26.5 Å². The summed E-state index contributed by atoms with van der Waals surface area (Å²) >= 11 is 8.12. The third-order valence-corrected chi connectivity index (χ3v) is 6.28. The molecule has 0 saturated carbocycles. The fourth-order valence-electron chi connectivity index (χ4n) is 3.64. The van der Waals surface area contributed by atoms with Gasteiger partial charge in [-0.3, -0.25) is 0 Å². The van der Waals surface area contributed by atoms with Crippen molar-refractivity contribution < 1.29 is 0 Å². The molecule has 4 rings (SSSR count). The molecule has 26 heavy (non-hydrogen) atoms. The number of fused-ring (bicyclic) bond motifs is 2. The number of benzene rings is 3. The van der Waals surface area contributed by atoms with E-state index in [0.717, 1.165) is 17.9 Å². The largest absolute Gasteiger partial charge is 0.307 e. The predicted octanol–water partition coefficient (Wildman–Crippen LogP) is 6.31. The maximum Gasteiger partial charge on any atom is 0.0409 e. The van der Waals surface area contributed by atoms with Crippen LogP contribution >= 0.6 is 23.4 Å². The lowest BCUT2D eigenvalue weighted by Gasteiger charge is -2.24. The van der Waals surface area contributed by atoms with Gasteiger partial charge in [-0.15, -0.1) is 0 Å². The molecule has 2 atom stereocenters. The zero-order valence-electron chi connectivity index (χ0n) is 14.8. The summed E-state index contributed by atoms with van der Waals surface area (Å²) in [5.41, 5.74) is 4.07. The number of rotatable bonds is 4. The van der Waals surface area contributed by atoms with Crippen molar-refractivity contribution in [3.63, 3.8) is 0 Å². The van der Waals surface area contributed by atoms with Crippen molar-refractivity contribution >= 4 is 23.4 Å². The van der Waals surface area contributed by atoms with Crippen LogP contribution in [0.4, 0.5) is 0 Å². The van der Waals surface area contributed by atoms with Gasteiger partial charge in [-0.2, -0.15) is 0 Å². The second-order valence-corrected chi connectivity index (χ2v) is 8.43. The average molecular weight is 380 g/mol. The highest BCUT2D eigenvalue weighted by molar-refractivity contribution is 7.99. The Hall–Kier alpha value is -1.74. The molecule has 0 saturated heterocycles. The maximum absolute atomic E-state index is 6.27. The minimum atomic E-state index is 0.289. The summed E-state index contributed by atoms with van der Waals surface area (Å²) in [7, 11) is 0. The van der Waals surface area contributed by atoms with E-state index in [1.807, 2.05) is 17.8 Å². The normalized spacial score (nSPS) is 17.1. The first kappa shape index (κ1) is 17.7. The van der Waals surface area contributed by atoms with Gasteiger partial charge in [0, 0.05) is 26.9 Å². The van der Waals surface area contributed by atoms with Gasteiger partial charge in [0.2, 0.25) is 0 Å². The molecule has 0 spiro atoms. The summed E-state index contributed by atoms with van der Waals surface area (Å²) < 4.78 is 0. The van der Waals surface area contributed by atoms with Gasteiger partial charge in [-0.25, -0.2) is 0 Å². The molecule has 1 aliphatic rings. The Bertz CT molecular complexity index is 894. The van der Waals surface area contributed by atoms with Crippen molar-refractivity contribution in [1.29, 1.82) is 0 Å². The maximum atomic E-state index is 6.27. The predicted molar refractivity (Wildman–Crippen MR) is 111 cm³/mol. The van der Waals surface area contributed by atoms with Crippen LogP contribution in [0, 0.1) is 0 Å². The molecule has 1 aliphatic heterocycles. The molecule has 0 fully saturated rings. The van der Waals surface area contributed by atoms with Crippen molar-refractivity contribution in [3.8, 4) is 0 Å². The van der Waals surface area contributed by atoms with Gasteiger partial charge in [0.05, 0.1) is 0 Å². The van der Waals surface area contributed by atoms with Gasteiger partial charge in [0.1, 0.15) is 0 Å². The molecule has 0 amide bonds. The Morgan fingerprint density at radius 1 is 1.00 bits per heavy atom. The van der Waals surface area contributed by atoms with Crippen LogP contribution in [0.25, 0.3) is 0 Å². The van der Waals surface area contributed by atoms with Gasteiger partial charge in [0.15, 0.2) is 0 Å². The molecule has 1 N–H and O–H groups in total. The smallest absolute Gasteiger partial charge is 0.0409 e. The molecule has 0 aromatic heterocycles. The molecule has 3 aromatic rings. The van der Waals surface area contributed by atoms with Crippen molar-refractivity contribution in [1.82, 2.24) is 5.32 Å². The summed E-state index contributed by atoms with van der Waals surface area (Å²) in [6.07, 6.45) is 1.98. The Labute approximate surface area is 164 Å². The summed E-state index contributed by atoms with van der Waals surface area (Å²) in [5, 5.41) is 4.68. The van der Waals surface area contributed by atoms with Crippen molar-refractivity contribution in [3.05, 3.63) is 94.5 Å². The van der Waals surface area contributed by atoms with E-state index >= 15 is 0 Å². The molecule has 1 nitrogen and oxygen atoms in total. The third-order valence-electron chi connectivity index (χ3n) is 4.83. The molecular formula is C23H22ClNS. The van der Waals surface area contributed by atoms with Crippen LogP contribution in [0.1, 0.15) is 29.7 Å². The first-order valence-corrected chi connectivity index (χ1v) is 10.2. The fraction of sp³-hybridized carbons (Fsp3) is 0.217. The molecule has 3 aromatic carbocycles. The van der Waals surface area contributed by atoms with Crippen LogP contribution < -0.4 is 5.32 Å². The topological polar surface area (TPSA) is 12.0 Å². The minimum absolute atomic E-state index is 0.289. The van der Waals surface area contributed by atoms with Gasteiger partial charge in [0.25, 0.3) is 0 Å². The summed E-state index contributed by atoms with van der Waals surface area (Å²) in [6, 6.07) is 26.4. The molecule has 1 heterocycles. The van der Waals surface area contributed by atoms with Gasteiger partial charge in [-0.05, 0) is 60.7 Å². The van der Waals surface area contributed by atoms with E-state index in [2.05, 4.69) is 79.0 Å². The Balaban J connectivity index is 1.61. The van der Waals surface area contributed by atoms with Crippen molar-refractivity contribution in [2.24, 2.45) is 0 Å². The Morgan fingerprint density at radius 3 is 2.62 bits per heavy atom. The molecule has 132 valence electrons. The molecule has 3 heteroatoms. The molecule has 0 radical (unpaired) electrons. The van der Waals surface area contributed by atoms with E-state index in [-0.39, 0.29) is 6.04 Å². The van der Waals surface area contributed by atoms with E-state index in [0.29, 0.717) is 6.04 Å². The van der Waals surface area contributed by atoms with Crippen LogP contribution in [-0.4, -0.2) is 6.04 Å². The van der Waals surface area contributed by atoms with Gasteiger partial charge >= 0.3 is 0 Å². The number of nitrogens with one attached hydrogen (secondary N) is 1. The number of hydrogen-bond acceptors (Lipinski definition) is 2. The summed E-state index contributed by atoms with van der Waals surface area (Å²) in [6.45, 7) is 2.27. The average Bonchev–Trinajstić information content (AvgIpc) is 2.79. The first-order chi connectivity index (χ1) is 12.7. The summed E-state index contributed by atoms with van der Waals surface area (Å²) in [5.74, 6) is 0. The van der Waals surface area contributed by atoms with E-state index in [1.54, 1.807) is 0 Å². The minimum Gasteiger partial charge on any atom is -0.307 e. The van der Waals surface area contributed by atoms with Gasteiger partial charge < -0.3 is 5.32 Å². The highest BCUT2D eigenvalue weighted by Gasteiger charge is 2.23. The number of hydrogen-bond donors (Lipinski definition) is 1. The van der Waals surface area contributed by atoms with Crippen molar-refractivity contribution in [2.75, 3.05) is 0 Å². The standard InChI is InChI=1S/C23H22ClNS/c1-16(13-17-7-3-2-4-8-17)25-21-15-18-14-19(24)11-12-22(18)26-23-10-6-5-9-20(21)23/h2-12,14,16,21,25H,13,15H2,1H3/t16-,21-/m1/s1. The third kappa shape index (κ3) is 3.98. The van der Waals surface area contributed by atoms with Gasteiger partial charge in [-0.1, -0.05) is 71.9 Å². The molecule has 0 aliphatic carbocycles. The summed E-state index contributed by atoms with van der Waals surface area (Å²) in [4.78, 5) is 2.64. The Morgan fingerprint density at radius 2 is 1.77 bits per heavy atom. The zero-order valence-corrected chi connectivity index (χ0v) is 16.4. The van der Waals surface area contributed by atoms with Crippen molar-refractivity contribution in [2.45, 2.75) is 41.6 Å². The van der Waals surface area contributed by atoms with Crippen LogP contribution in [-0.2, 0) is 12.8 Å². The Kier molecular flexibility index (Phi) is 5.35. The van der Waals surface area contributed by atoms with Crippen LogP contribution in [0.15, 0.2) is 82.6 Å². The second-order valence-electron chi connectivity index (χ2n) is 6.91. The van der Waals surface area contributed by atoms with E-state index in [4.69, 9.17) is 11.6 Å². The lowest BCUT2D eigenvalue weighted by atomic mass is 9.97. The molecule has 0 bridgehead atoms. The SMILES string of the molecule is C[C@H](Cc1ccccc1)N[C@@H]1Cc2cc(Cl)ccc2Sc2ccccc21. The van der Waals surface area contributed by atoms with Crippen LogP contribution in [0.2, 0.25) is 5.02 Å². The lowest BCUT2D eigenvalue weighted by molar-refractivity contribution is 0.446. The van der Waals surface area contributed by atoms with Crippen LogP contribution in [0.3, 0.4) is 0 Å². The fourth-order valence-corrected chi connectivity index (χ4v) is 4.95.